The van der Waals surface area contributed by atoms with Crippen LogP contribution in [0.3, 0.4) is 0 Å². The second-order valence-electron chi connectivity index (χ2n) is 14.8. The topological polar surface area (TPSA) is 105 Å². The first kappa shape index (κ1) is 43.7. The van der Waals surface area contributed by atoms with Gasteiger partial charge in [0.15, 0.2) is 23.1 Å². The number of hydrogen-bond donors (Lipinski definition) is 0. The molecule has 0 amide bonds. The Balaban J connectivity index is 0.000000191. The van der Waals surface area contributed by atoms with Crippen LogP contribution in [0, 0.1) is 13.8 Å². The zero-order valence-corrected chi connectivity index (χ0v) is 35.7. The molecular weight excluding hydrogens is 801 g/mol. The Morgan fingerprint density at radius 3 is 0.766 bits per heavy atom. The molecule has 316 valence electrons. The molecule has 0 aliphatic carbocycles. The molecular formula is C56H44O8. The van der Waals surface area contributed by atoms with Gasteiger partial charge in [-0.15, -0.1) is 0 Å². The van der Waals surface area contributed by atoms with E-state index in [1.807, 2.05) is 62.4 Å². The van der Waals surface area contributed by atoms with Crippen LogP contribution in [0.2, 0.25) is 0 Å². The number of ether oxygens (including phenoxy) is 4. The van der Waals surface area contributed by atoms with Gasteiger partial charge in [0.2, 0.25) is 0 Å². The minimum Gasteiger partial charge on any atom is -0.497 e. The summed E-state index contributed by atoms with van der Waals surface area (Å²) in [5.74, 6) is 3.63. The Labute approximate surface area is 372 Å². The van der Waals surface area contributed by atoms with Crippen molar-refractivity contribution in [1.82, 2.24) is 0 Å². The third kappa shape index (κ3) is 11.1. The molecule has 0 atom stereocenters. The van der Waals surface area contributed by atoms with Crippen molar-refractivity contribution in [1.29, 1.82) is 0 Å². The van der Waals surface area contributed by atoms with Crippen molar-refractivity contribution in [2.45, 2.75) is 13.8 Å². The van der Waals surface area contributed by atoms with Crippen molar-refractivity contribution in [3.8, 4) is 34.5 Å². The minimum atomic E-state index is -0.156. The van der Waals surface area contributed by atoms with Gasteiger partial charge in [0, 0.05) is 44.5 Å². The number of benzene rings is 8. The fourth-order valence-corrected chi connectivity index (χ4v) is 6.56. The molecule has 0 heterocycles. The standard InChI is InChI=1S/2C28H22O4/c1-19-3-13-25(14-4-19)32-26-17-11-23(12-18-26)28(30)21-7-5-20(6-8-21)27(29)22-9-15-24(31-2)16-10-22;1-19-6-12-25(13-7-19)32-26-16-10-21(11-17-26)28(30)23-5-3-4-22(18-23)27(29)20-8-14-24(31-2)15-9-20/h2*3-18H,1-2H3. The van der Waals surface area contributed by atoms with E-state index in [1.54, 1.807) is 160 Å². The van der Waals surface area contributed by atoms with Gasteiger partial charge in [-0.05, 0) is 141 Å². The summed E-state index contributed by atoms with van der Waals surface area (Å²) in [6.45, 7) is 4.04. The van der Waals surface area contributed by atoms with Gasteiger partial charge in [-0.2, -0.15) is 0 Å². The number of rotatable bonds is 14. The molecule has 0 spiro atoms. The Morgan fingerprint density at radius 2 is 0.500 bits per heavy atom. The van der Waals surface area contributed by atoms with Crippen LogP contribution in [0.1, 0.15) is 74.8 Å². The molecule has 0 aliphatic rings. The molecule has 8 nitrogen and oxygen atoms in total. The summed E-state index contributed by atoms with van der Waals surface area (Å²) in [4.78, 5) is 51.3. The molecule has 0 N–H and O–H groups in total. The van der Waals surface area contributed by atoms with E-state index >= 15 is 0 Å². The predicted molar refractivity (Wildman–Crippen MR) is 248 cm³/mol. The van der Waals surface area contributed by atoms with Crippen LogP contribution < -0.4 is 18.9 Å². The summed E-state index contributed by atoms with van der Waals surface area (Å²) < 4.78 is 21.9. The van der Waals surface area contributed by atoms with Crippen LogP contribution in [0.5, 0.6) is 34.5 Å². The average Bonchev–Trinajstić information content (AvgIpc) is 3.35. The molecule has 0 saturated carbocycles. The monoisotopic (exact) mass is 844 g/mol. The molecule has 0 unspecified atom stereocenters. The van der Waals surface area contributed by atoms with Crippen molar-refractivity contribution in [3.63, 3.8) is 0 Å². The summed E-state index contributed by atoms with van der Waals surface area (Å²) in [6, 6.07) is 56.9. The highest BCUT2D eigenvalue weighted by atomic mass is 16.5. The Kier molecular flexibility index (Phi) is 14.0. The highest BCUT2D eigenvalue weighted by Crippen LogP contribution is 2.26. The molecule has 0 saturated heterocycles. The van der Waals surface area contributed by atoms with Gasteiger partial charge in [0.1, 0.15) is 34.5 Å². The first-order chi connectivity index (χ1) is 31.1. The summed E-state index contributed by atoms with van der Waals surface area (Å²) in [6.07, 6.45) is 0. The van der Waals surface area contributed by atoms with E-state index < -0.39 is 0 Å². The molecule has 8 heteroatoms. The van der Waals surface area contributed by atoms with Gasteiger partial charge in [0.05, 0.1) is 14.2 Å². The van der Waals surface area contributed by atoms with E-state index in [0.29, 0.717) is 67.5 Å². The van der Waals surface area contributed by atoms with E-state index in [1.165, 1.54) is 0 Å². The maximum Gasteiger partial charge on any atom is 0.193 e. The first-order valence-corrected chi connectivity index (χ1v) is 20.4. The third-order valence-corrected chi connectivity index (χ3v) is 10.2. The minimum absolute atomic E-state index is 0.107. The highest BCUT2D eigenvalue weighted by Gasteiger charge is 2.16. The lowest BCUT2D eigenvalue weighted by Crippen LogP contribution is -2.06. The van der Waals surface area contributed by atoms with Gasteiger partial charge >= 0.3 is 0 Å². The van der Waals surface area contributed by atoms with Gasteiger partial charge in [-0.25, -0.2) is 0 Å². The number of aryl methyl sites for hydroxylation is 2. The van der Waals surface area contributed by atoms with Gasteiger partial charge in [-0.3, -0.25) is 19.2 Å². The summed E-state index contributed by atoms with van der Waals surface area (Å²) in [7, 11) is 3.16. The van der Waals surface area contributed by atoms with E-state index in [-0.39, 0.29) is 23.1 Å². The Morgan fingerprint density at radius 1 is 0.281 bits per heavy atom. The van der Waals surface area contributed by atoms with Crippen LogP contribution >= 0.6 is 0 Å². The second kappa shape index (κ2) is 20.5. The molecule has 64 heavy (non-hydrogen) atoms. The number of hydrogen-bond acceptors (Lipinski definition) is 8. The zero-order chi connectivity index (χ0) is 45.0. The second-order valence-corrected chi connectivity index (χ2v) is 14.8. The summed E-state index contributed by atoms with van der Waals surface area (Å²) in [5, 5.41) is 0. The van der Waals surface area contributed by atoms with Crippen molar-refractivity contribution in [2.24, 2.45) is 0 Å². The highest BCUT2D eigenvalue weighted by molar-refractivity contribution is 6.13. The van der Waals surface area contributed by atoms with Gasteiger partial charge in [0.25, 0.3) is 0 Å². The van der Waals surface area contributed by atoms with E-state index in [4.69, 9.17) is 18.9 Å². The zero-order valence-electron chi connectivity index (χ0n) is 35.7. The maximum atomic E-state index is 13.0. The summed E-state index contributed by atoms with van der Waals surface area (Å²) >= 11 is 0. The number of ketones is 4. The molecule has 0 fully saturated rings. The van der Waals surface area contributed by atoms with Crippen molar-refractivity contribution < 1.29 is 38.1 Å². The van der Waals surface area contributed by atoms with Crippen LogP contribution in [0.25, 0.3) is 0 Å². The molecule has 0 aliphatic heterocycles. The van der Waals surface area contributed by atoms with Gasteiger partial charge < -0.3 is 18.9 Å². The molecule has 0 bridgehead atoms. The fourth-order valence-electron chi connectivity index (χ4n) is 6.56. The first-order valence-electron chi connectivity index (χ1n) is 20.4. The van der Waals surface area contributed by atoms with E-state index in [9.17, 15) is 19.2 Å². The number of carbonyl (C=O) groups excluding carboxylic acids is 4. The number of carbonyl (C=O) groups is 4. The lowest BCUT2D eigenvalue weighted by Gasteiger charge is -2.08. The third-order valence-electron chi connectivity index (χ3n) is 10.2. The largest absolute Gasteiger partial charge is 0.497 e. The SMILES string of the molecule is COc1ccc(C(=O)c2ccc(C(=O)c3ccc(Oc4ccc(C)cc4)cc3)cc2)cc1.COc1ccc(C(=O)c2cccc(C(=O)c3ccc(Oc4ccc(C)cc4)cc3)c2)cc1. The number of methoxy groups -OCH3 is 2. The lowest BCUT2D eigenvalue weighted by molar-refractivity contribution is 0.102. The van der Waals surface area contributed by atoms with E-state index in [0.717, 1.165) is 22.6 Å². The van der Waals surface area contributed by atoms with Crippen molar-refractivity contribution in [3.05, 3.63) is 250 Å². The normalized spacial score (nSPS) is 10.4. The molecule has 0 radical (unpaired) electrons. The van der Waals surface area contributed by atoms with Crippen molar-refractivity contribution in [2.75, 3.05) is 14.2 Å². The fraction of sp³-hybridized carbons (Fsp3) is 0.0714. The molecule has 8 aromatic rings. The average molecular weight is 845 g/mol. The van der Waals surface area contributed by atoms with Crippen molar-refractivity contribution >= 4 is 23.1 Å². The predicted octanol–water partition coefficient (Wildman–Crippen LogP) is 12.5. The summed E-state index contributed by atoms with van der Waals surface area (Å²) in [5.41, 5.74) is 6.45. The van der Waals surface area contributed by atoms with Crippen LogP contribution in [-0.4, -0.2) is 37.4 Å². The Bertz CT molecular complexity index is 2860. The van der Waals surface area contributed by atoms with Crippen LogP contribution in [0.15, 0.2) is 194 Å². The molecule has 0 aromatic heterocycles. The molecule has 8 aromatic carbocycles. The van der Waals surface area contributed by atoms with E-state index in [2.05, 4.69) is 0 Å². The van der Waals surface area contributed by atoms with Gasteiger partial charge in [-0.1, -0.05) is 77.9 Å². The van der Waals surface area contributed by atoms with Crippen LogP contribution in [0.4, 0.5) is 0 Å². The quantitative estimate of drug-likeness (QED) is 0.0997. The lowest BCUT2D eigenvalue weighted by atomic mass is 9.97. The molecule has 8 rings (SSSR count). The van der Waals surface area contributed by atoms with Crippen LogP contribution in [-0.2, 0) is 0 Å². The Hall–Kier alpha value is -8.36. The smallest absolute Gasteiger partial charge is 0.193 e. The maximum absolute atomic E-state index is 13.0.